The van der Waals surface area contributed by atoms with Crippen LogP contribution >= 0.6 is 0 Å². The molecule has 0 aromatic heterocycles. The average Bonchev–Trinajstić information content (AvgIpc) is 2.54. The first-order valence-electron chi connectivity index (χ1n) is 3.75. The van der Waals surface area contributed by atoms with Gasteiger partial charge in [-0.05, 0) is 12.1 Å². The fraction of sp³-hybridized carbons (Fsp3) is 0. The van der Waals surface area contributed by atoms with Gasteiger partial charge in [-0.3, -0.25) is 4.21 Å². The second kappa shape index (κ2) is 3.53. The van der Waals surface area contributed by atoms with E-state index in [9.17, 15) is 4.21 Å². The minimum absolute atomic E-state index is 0.436. The summed E-state index contributed by atoms with van der Waals surface area (Å²) >= 11 is 0. The molecule has 0 bridgehead atoms. The van der Waals surface area contributed by atoms with Gasteiger partial charge in [0.15, 0.2) is 0 Å². The molecular weight excluding hydrogens is 184 g/mol. The van der Waals surface area contributed by atoms with E-state index in [1.54, 1.807) is 0 Å². The Kier molecular flexibility index (Phi) is 2.23. The molecule has 1 N–H and O–H groups in total. The molecule has 1 aromatic carbocycles. The number of nitrogens with zero attached hydrogens (tertiary/aromatic N) is 1. The average molecular weight is 191 g/mol. The number of anilines is 1. The Morgan fingerprint density at radius 1 is 1.31 bits per heavy atom. The van der Waals surface area contributed by atoms with Gasteiger partial charge < -0.3 is 10.3 Å². The highest BCUT2D eigenvalue weighted by atomic mass is 32.2. The maximum Gasteiger partial charge on any atom is 0.0440 e. The van der Waals surface area contributed by atoms with Crippen LogP contribution in [0.15, 0.2) is 40.7 Å². The molecule has 0 radical (unpaired) electrons. The fourth-order valence-electron chi connectivity index (χ4n) is 0.957. The molecule has 1 heterocycles. The Hall–Kier alpha value is -1.42. The zero-order chi connectivity index (χ0) is 9.10. The van der Waals surface area contributed by atoms with Crippen molar-refractivity contribution in [1.82, 2.24) is 0 Å². The molecule has 4 heteroatoms. The second-order valence-corrected chi connectivity index (χ2v) is 3.67. The van der Waals surface area contributed by atoms with Crippen LogP contribution in [0.25, 0.3) is 0 Å². The maximum atomic E-state index is 11.2. The molecule has 0 saturated carbocycles. The number of hydrogen-bond donors (Lipinski definition) is 1. The third-order valence-electron chi connectivity index (χ3n) is 1.54. The summed E-state index contributed by atoms with van der Waals surface area (Å²) in [6.45, 7) is 0. The zero-order valence-electron chi connectivity index (χ0n) is 6.73. The Labute approximate surface area is 78.7 Å². The molecule has 66 valence electrons. The van der Waals surface area contributed by atoms with Gasteiger partial charge in [-0.25, -0.2) is 0 Å². The van der Waals surface area contributed by atoms with Gasteiger partial charge in [0.25, 0.3) is 0 Å². The Balaban J connectivity index is 2.12. The minimum atomic E-state index is -1.16. The number of aliphatic imine (C=N–C) groups is 1. The van der Waals surface area contributed by atoms with Gasteiger partial charge in [0.05, 0.1) is 0 Å². The number of nitrogens with one attached hydrogen (secondary N) is 1. The molecule has 1 aliphatic heterocycles. The normalized spacial score (nSPS) is 20.0. The predicted octanol–water partition coefficient (Wildman–Crippen LogP) is 1.49. The molecule has 1 aliphatic rings. The number of rotatable bonds is 1. The van der Waals surface area contributed by atoms with Crippen LogP contribution < -0.4 is 5.32 Å². The first kappa shape index (κ1) is 8.19. The molecular formula is C9H7N2OS-. The lowest BCUT2D eigenvalue weighted by atomic mass is 10.3. The van der Waals surface area contributed by atoms with Gasteiger partial charge in [0.2, 0.25) is 0 Å². The van der Waals surface area contributed by atoms with E-state index in [0.29, 0.717) is 5.17 Å². The predicted molar refractivity (Wildman–Crippen MR) is 53.5 cm³/mol. The van der Waals surface area contributed by atoms with Crippen LogP contribution in [0.3, 0.4) is 0 Å². The standard InChI is InChI=1S/C9H7N2OS/c12-13-7-6-10-9(13)11-8-4-2-1-3-5-8/h1-5,7H,(H,10,11)/q-1. The third-order valence-corrected chi connectivity index (χ3v) is 2.44. The molecule has 0 saturated heterocycles. The number of benzene rings is 1. The first-order valence-corrected chi connectivity index (χ1v) is 4.97. The van der Waals surface area contributed by atoms with Crippen LogP contribution in [-0.4, -0.2) is 9.38 Å². The Morgan fingerprint density at radius 3 is 2.69 bits per heavy atom. The number of amidine groups is 1. The van der Waals surface area contributed by atoms with Gasteiger partial charge in [-0.1, -0.05) is 23.6 Å². The highest BCUT2D eigenvalue weighted by Crippen LogP contribution is 2.08. The van der Waals surface area contributed by atoms with Crippen molar-refractivity contribution in [3.05, 3.63) is 41.9 Å². The van der Waals surface area contributed by atoms with E-state index >= 15 is 0 Å². The highest BCUT2D eigenvalue weighted by molar-refractivity contribution is 8.03. The summed E-state index contributed by atoms with van der Waals surface area (Å²) in [5, 5.41) is 4.80. The molecule has 1 unspecified atom stereocenters. The zero-order valence-corrected chi connectivity index (χ0v) is 7.54. The van der Waals surface area contributed by atoms with E-state index in [4.69, 9.17) is 0 Å². The topological polar surface area (TPSA) is 41.5 Å². The quantitative estimate of drug-likeness (QED) is 0.683. The van der Waals surface area contributed by atoms with Crippen molar-refractivity contribution in [1.29, 1.82) is 0 Å². The molecule has 0 amide bonds. The van der Waals surface area contributed by atoms with Crippen molar-refractivity contribution in [2.24, 2.45) is 4.99 Å². The minimum Gasteiger partial charge on any atom is -0.429 e. The summed E-state index contributed by atoms with van der Waals surface area (Å²) in [5.74, 6) is 0. The van der Waals surface area contributed by atoms with Crippen LogP contribution in [0.5, 0.6) is 0 Å². The van der Waals surface area contributed by atoms with Crippen molar-refractivity contribution >= 4 is 21.7 Å². The van der Waals surface area contributed by atoms with Crippen LogP contribution in [0.4, 0.5) is 5.69 Å². The van der Waals surface area contributed by atoms with E-state index in [2.05, 4.69) is 16.5 Å². The van der Waals surface area contributed by atoms with E-state index in [1.165, 1.54) is 5.41 Å². The fourth-order valence-corrected chi connectivity index (χ4v) is 1.58. The molecule has 0 spiro atoms. The Bertz CT molecular complexity index is 384. The molecule has 3 nitrogen and oxygen atoms in total. The van der Waals surface area contributed by atoms with Crippen LogP contribution in [0, 0.1) is 6.20 Å². The number of hydrogen-bond acceptors (Lipinski definition) is 3. The third kappa shape index (κ3) is 1.84. The van der Waals surface area contributed by atoms with E-state index in [0.717, 1.165) is 5.69 Å². The lowest BCUT2D eigenvalue weighted by molar-refractivity contribution is 0.694. The smallest absolute Gasteiger partial charge is 0.0440 e. The van der Waals surface area contributed by atoms with Crippen molar-refractivity contribution in [2.45, 2.75) is 0 Å². The summed E-state index contributed by atoms with van der Waals surface area (Å²) < 4.78 is 11.2. The molecule has 2 rings (SSSR count). The molecule has 0 aliphatic carbocycles. The second-order valence-electron chi connectivity index (χ2n) is 2.45. The van der Waals surface area contributed by atoms with E-state index in [1.807, 2.05) is 30.3 Å². The van der Waals surface area contributed by atoms with Crippen LogP contribution in [0.1, 0.15) is 0 Å². The lowest BCUT2D eigenvalue weighted by Gasteiger charge is -2.11. The van der Waals surface area contributed by atoms with E-state index < -0.39 is 10.8 Å². The summed E-state index contributed by atoms with van der Waals surface area (Å²) in [4.78, 5) is 3.81. The lowest BCUT2D eigenvalue weighted by Crippen LogP contribution is -2.13. The van der Waals surface area contributed by atoms with Crippen LogP contribution in [-0.2, 0) is 10.8 Å². The van der Waals surface area contributed by atoms with E-state index in [-0.39, 0.29) is 0 Å². The number of para-hydroxylation sites is 1. The van der Waals surface area contributed by atoms with Gasteiger partial charge in [0.1, 0.15) is 0 Å². The summed E-state index contributed by atoms with van der Waals surface area (Å²) in [6.07, 6.45) is 2.54. The van der Waals surface area contributed by atoms with Gasteiger partial charge in [-0.15, -0.1) is 6.20 Å². The van der Waals surface area contributed by atoms with Crippen molar-refractivity contribution in [3.63, 3.8) is 0 Å². The van der Waals surface area contributed by atoms with Crippen molar-refractivity contribution < 1.29 is 4.21 Å². The van der Waals surface area contributed by atoms with Gasteiger partial charge >= 0.3 is 0 Å². The monoisotopic (exact) mass is 191 g/mol. The largest absolute Gasteiger partial charge is 0.429 e. The maximum absolute atomic E-state index is 11.2. The summed E-state index contributed by atoms with van der Waals surface area (Å²) in [5.41, 5.74) is 0.881. The molecule has 0 fully saturated rings. The first-order chi connectivity index (χ1) is 6.36. The van der Waals surface area contributed by atoms with Gasteiger partial charge in [-0.2, -0.15) is 0 Å². The molecule has 13 heavy (non-hydrogen) atoms. The molecule has 1 aromatic rings. The van der Waals surface area contributed by atoms with Crippen molar-refractivity contribution in [2.75, 3.05) is 5.32 Å². The Morgan fingerprint density at radius 2 is 2.08 bits per heavy atom. The SMILES string of the molecule is O=S1C=[C-]N=C1Nc1ccccc1. The highest BCUT2D eigenvalue weighted by Gasteiger charge is 1.98. The summed E-state index contributed by atoms with van der Waals surface area (Å²) in [6, 6.07) is 9.49. The molecule has 1 atom stereocenters. The van der Waals surface area contributed by atoms with Gasteiger partial charge in [0, 0.05) is 21.7 Å². The summed E-state index contributed by atoms with van der Waals surface area (Å²) in [7, 11) is -1.16. The van der Waals surface area contributed by atoms with Crippen LogP contribution in [0.2, 0.25) is 0 Å². The van der Waals surface area contributed by atoms with Crippen molar-refractivity contribution in [3.8, 4) is 0 Å².